The normalized spacial score (nSPS) is 12.3. The van der Waals surface area contributed by atoms with Crippen LogP contribution in [0.2, 0.25) is 5.02 Å². The molecule has 0 aliphatic carbocycles. The highest BCUT2D eigenvalue weighted by Crippen LogP contribution is 2.29. The summed E-state index contributed by atoms with van der Waals surface area (Å²) in [5.41, 5.74) is -0.424. The first-order chi connectivity index (χ1) is 6.97. The summed E-state index contributed by atoms with van der Waals surface area (Å²) < 4.78 is 18.1. The van der Waals surface area contributed by atoms with Crippen molar-refractivity contribution >= 4 is 17.6 Å². The van der Waals surface area contributed by atoms with Crippen molar-refractivity contribution < 1.29 is 24.1 Å². The van der Waals surface area contributed by atoms with Gasteiger partial charge in [0.05, 0.1) is 12.1 Å². The Balaban J connectivity index is 3.27. The van der Waals surface area contributed by atoms with E-state index in [2.05, 4.69) is 0 Å². The molecule has 0 heterocycles. The van der Waals surface area contributed by atoms with Crippen molar-refractivity contribution in [2.75, 3.05) is 7.11 Å². The molecule has 0 fully saturated rings. The number of aliphatic carboxylic acids is 1. The zero-order valence-corrected chi connectivity index (χ0v) is 8.45. The SMILES string of the molecule is COc1cc(Cl)c(F)c(C(O)C(=O)O)c1. The number of methoxy groups -OCH3 is 1. The number of hydrogen-bond donors (Lipinski definition) is 2. The van der Waals surface area contributed by atoms with E-state index in [1.807, 2.05) is 0 Å². The van der Waals surface area contributed by atoms with Gasteiger partial charge < -0.3 is 14.9 Å². The molecule has 0 amide bonds. The summed E-state index contributed by atoms with van der Waals surface area (Å²) in [5, 5.41) is 17.4. The molecule has 2 N–H and O–H groups in total. The first-order valence-electron chi connectivity index (χ1n) is 3.91. The van der Waals surface area contributed by atoms with Crippen molar-refractivity contribution in [2.45, 2.75) is 6.10 Å². The molecule has 0 bridgehead atoms. The topological polar surface area (TPSA) is 66.8 Å². The van der Waals surface area contributed by atoms with Gasteiger partial charge in [0.15, 0.2) is 6.10 Å². The maximum absolute atomic E-state index is 13.3. The average molecular weight is 235 g/mol. The number of ether oxygens (including phenoxy) is 1. The molecular weight excluding hydrogens is 227 g/mol. The molecule has 0 radical (unpaired) electrons. The van der Waals surface area contributed by atoms with E-state index in [-0.39, 0.29) is 10.8 Å². The Morgan fingerprint density at radius 3 is 2.67 bits per heavy atom. The summed E-state index contributed by atoms with van der Waals surface area (Å²) in [5.74, 6) is -2.35. The Morgan fingerprint density at radius 2 is 2.20 bits per heavy atom. The largest absolute Gasteiger partial charge is 0.497 e. The van der Waals surface area contributed by atoms with E-state index in [0.29, 0.717) is 0 Å². The number of halogens is 2. The number of hydrogen-bond acceptors (Lipinski definition) is 3. The number of benzene rings is 1. The fourth-order valence-corrected chi connectivity index (χ4v) is 1.25. The summed E-state index contributed by atoms with van der Waals surface area (Å²) in [6.07, 6.45) is -1.96. The highest BCUT2D eigenvalue weighted by atomic mass is 35.5. The van der Waals surface area contributed by atoms with Crippen LogP contribution in [0.15, 0.2) is 12.1 Å². The van der Waals surface area contributed by atoms with Crippen LogP contribution in [0, 0.1) is 5.82 Å². The summed E-state index contributed by atoms with van der Waals surface area (Å²) >= 11 is 5.49. The second-order valence-corrected chi connectivity index (χ2v) is 3.16. The fraction of sp³-hybridized carbons (Fsp3) is 0.222. The summed E-state index contributed by atoms with van der Waals surface area (Å²) in [6, 6.07) is 2.27. The van der Waals surface area contributed by atoms with E-state index in [4.69, 9.17) is 26.6 Å². The molecule has 0 spiro atoms. The van der Waals surface area contributed by atoms with Gasteiger partial charge in [-0.1, -0.05) is 11.6 Å². The molecule has 1 aromatic carbocycles. The third kappa shape index (κ3) is 2.37. The minimum absolute atomic E-state index is 0.178. The standard InChI is InChI=1S/C9H8ClFO4/c1-15-4-2-5(8(12)9(13)14)7(11)6(10)3-4/h2-3,8,12H,1H3,(H,13,14). The summed E-state index contributed by atoms with van der Waals surface area (Å²) in [6.45, 7) is 0. The molecule has 0 saturated carbocycles. The molecule has 15 heavy (non-hydrogen) atoms. The lowest BCUT2D eigenvalue weighted by Gasteiger charge is -2.10. The van der Waals surface area contributed by atoms with Gasteiger partial charge in [0, 0.05) is 11.6 Å². The van der Waals surface area contributed by atoms with E-state index < -0.39 is 23.5 Å². The van der Waals surface area contributed by atoms with Crippen LogP contribution in [0.3, 0.4) is 0 Å². The van der Waals surface area contributed by atoms with Gasteiger partial charge in [-0.15, -0.1) is 0 Å². The van der Waals surface area contributed by atoms with Crippen LogP contribution >= 0.6 is 11.6 Å². The van der Waals surface area contributed by atoms with E-state index in [1.165, 1.54) is 13.2 Å². The zero-order valence-electron chi connectivity index (χ0n) is 7.70. The van der Waals surface area contributed by atoms with Crippen LogP contribution in [-0.4, -0.2) is 23.3 Å². The van der Waals surface area contributed by atoms with Crippen molar-refractivity contribution in [3.05, 3.63) is 28.5 Å². The summed E-state index contributed by atoms with van der Waals surface area (Å²) in [7, 11) is 1.32. The number of carbonyl (C=O) groups is 1. The van der Waals surface area contributed by atoms with Gasteiger partial charge in [-0.3, -0.25) is 0 Å². The third-order valence-corrected chi connectivity index (χ3v) is 2.07. The number of carboxylic acid groups (broad SMARTS) is 1. The Hall–Kier alpha value is -1.33. The van der Waals surface area contributed by atoms with Gasteiger partial charge in [-0.2, -0.15) is 0 Å². The van der Waals surface area contributed by atoms with E-state index in [0.717, 1.165) is 6.07 Å². The second kappa shape index (κ2) is 4.46. The Bertz CT molecular complexity index is 394. The number of carboxylic acids is 1. The maximum Gasteiger partial charge on any atom is 0.337 e. The number of aliphatic hydroxyl groups is 1. The van der Waals surface area contributed by atoms with Crippen LogP contribution in [0.1, 0.15) is 11.7 Å². The van der Waals surface area contributed by atoms with Gasteiger partial charge in [0.2, 0.25) is 0 Å². The Kier molecular flexibility index (Phi) is 3.49. The number of rotatable bonds is 3. The van der Waals surface area contributed by atoms with E-state index in [9.17, 15) is 9.18 Å². The molecule has 6 heteroatoms. The Morgan fingerprint density at radius 1 is 1.60 bits per heavy atom. The molecule has 4 nitrogen and oxygen atoms in total. The van der Waals surface area contributed by atoms with Crippen LogP contribution in [0.4, 0.5) is 4.39 Å². The van der Waals surface area contributed by atoms with Crippen molar-refractivity contribution in [2.24, 2.45) is 0 Å². The lowest BCUT2D eigenvalue weighted by atomic mass is 10.1. The highest BCUT2D eigenvalue weighted by Gasteiger charge is 2.22. The molecule has 0 aliphatic rings. The molecule has 82 valence electrons. The quantitative estimate of drug-likeness (QED) is 0.834. The van der Waals surface area contributed by atoms with Crippen molar-refractivity contribution in [3.63, 3.8) is 0 Å². The van der Waals surface area contributed by atoms with Crippen LogP contribution in [-0.2, 0) is 4.79 Å². The van der Waals surface area contributed by atoms with Crippen molar-refractivity contribution in [3.8, 4) is 5.75 Å². The van der Waals surface area contributed by atoms with Gasteiger partial charge in [-0.25, -0.2) is 9.18 Å². The van der Waals surface area contributed by atoms with Crippen molar-refractivity contribution in [1.82, 2.24) is 0 Å². The zero-order chi connectivity index (χ0) is 11.6. The first-order valence-corrected chi connectivity index (χ1v) is 4.29. The average Bonchev–Trinajstić information content (AvgIpc) is 2.20. The van der Waals surface area contributed by atoms with Crippen LogP contribution in [0.25, 0.3) is 0 Å². The fourth-order valence-electron chi connectivity index (χ4n) is 1.03. The predicted molar refractivity (Wildman–Crippen MR) is 50.6 cm³/mol. The summed E-state index contributed by atoms with van der Waals surface area (Å²) in [4.78, 5) is 10.5. The minimum Gasteiger partial charge on any atom is -0.497 e. The smallest absolute Gasteiger partial charge is 0.337 e. The van der Waals surface area contributed by atoms with Crippen LogP contribution in [0.5, 0.6) is 5.75 Å². The van der Waals surface area contributed by atoms with E-state index >= 15 is 0 Å². The van der Waals surface area contributed by atoms with Gasteiger partial charge in [0.25, 0.3) is 0 Å². The van der Waals surface area contributed by atoms with Gasteiger partial charge in [-0.05, 0) is 6.07 Å². The molecular formula is C9H8ClFO4. The molecule has 1 atom stereocenters. The van der Waals surface area contributed by atoms with Crippen molar-refractivity contribution in [1.29, 1.82) is 0 Å². The Labute approximate surface area is 89.9 Å². The lowest BCUT2D eigenvalue weighted by Crippen LogP contribution is -2.12. The number of aliphatic hydroxyl groups excluding tert-OH is 1. The molecule has 1 unspecified atom stereocenters. The van der Waals surface area contributed by atoms with E-state index in [1.54, 1.807) is 0 Å². The van der Waals surface area contributed by atoms with Gasteiger partial charge >= 0.3 is 5.97 Å². The monoisotopic (exact) mass is 234 g/mol. The predicted octanol–water partition coefficient (Wildman–Crippen LogP) is 1.61. The lowest BCUT2D eigenvalue weighted by molar-refractivity contribution is -0.147. The molecule has 1 aromatic rings. The van der Waals surface area contributed by atoms with Gasteiger partial charge in [0.1, 0.15) is 11.6 Å². The second-order valence-electron chi connectivity index (χ2n) is 2.75. The maximum atomic E-state index is 13.3. The van der Waals surface area contributed by atoms with Crippen LogP contribution < -0.4 is 4.74 Å². The highest BCUT2D eigenvalue weighted by molar-refractivity contribution is 6.31. The first kappa shape index (κ1) is 11.7. The molecule has 0 aromatic heterocycles. The molecule has 1 rings (SSSR count). The molecule has 0 aliphatic heterocycles. The molecule has 0 saturated heterocycles. The third-order valence-electron chi connectivity index (χ3n) is 1.79. The minimum atomic E-state index is -1.96.